The van der Waals surface area contributed by atoms with Gasteiger partial charge in [0, 0.05) is 47.0 Å². The van der Waals surface area contributed by atoms with E-state index in [1.165, 1.54) is 7.11 Å². The van der Waals surface area contributed by atoms with Gasteiger partial charge in [0.25, 0.3) is 5.91 Å². The topological polar surface area (TPSA) is 93.7 Å². The van der Waals surface area contributed by atoms with E-state index in [0.717, 1.165) is 53.8 Å². The molecule has 0 saturated heterocycles. The van der Waals surface area contributed by atoms with E-state index in [-0.39, 0.29) is 24.1 Å². The Morgan fingerprint density at radius 1 is 0.974 bits per heavy atom. The summed E-state index contributed by atoms with van der Waals surface area (Å²) in [5.74, 6) is 0.208. The second-order valence-corrected chi connectivity index (χ2v) is 10.9. The van der Waals surface area contributed by atoms with E-state index in [4.69, 9.17) is 9.47 Å². The van der Waals surface area contributed by atoms with Crippen LogP contribution in [0.2, 0.25) is 0 Å². The van der Waals surface area contributed by atoms with E-state index in [1.54, 1.807) is 0 Å². The van der Waals surface area contributed by atoms with Crippen molar-refractivity contribution in [3.63, 3.8) is 0 Å². The van der Waals surface area contributed by atoms with Crippen molar-refractivity contribution in [3.05, 3.63) is 74.0 Å². The predicted molar refractivity (Wildman–Crippen MR) is 148 cm³/mol. The molecule has 0 saturated carbocycles. The molecule has 0 bridgehead atoms. The molecule has 1 aliphatic heterocycles. The van der Waals surface area contributed by atoms with Crippen molar-refractivity contribution in [1.29, 1.82) is 0 Å². The van der Waals surface area contributed by atoms with Gasteiger partial charge in [-0.25, -0.2) is 0 Å². The summed E-state index contributed by atoms with van der Waals surface area (Å²) in [6, 6.07) is 9.42. The van der Waals surface area contributed by atoms with Crippen LogP contribution in [-0.2, 0) is 14.4 Å². The van der Waals surface area contributed by atoms with E-state index in [0.29, 0.717) is 45.6 Å². The Balaban J connectivity index is 1.44. The highest BCUT2D eigenvalue weighted by atomic mass is 79.9. The number of ether oxygens (including phenoxy) is 2. The number of amides is 1. The minimum Gasteiger partial charge on any atom is -0.493 e. The lowest BCUT2D eigenvalue weighted by Crippen LogP contribution is -2.36. The van der Waals surface area contributed by atoms with Gasteiger partial charge in [-0.2, -0.15) is 0 Å². The van der Waals surface area contributed by atoms with E-state index in [9.17, 15) is 14.4 Å². The normalized spacial score (nSPS) is 17.6. The van der Waals surface area contributed by atoms with Gasteiger partial charge in [-0.05, 0) is 96.4 Å². The Kier molecular flexibility index (Phi) is 7.43. The Morgan fingerprint density at radius 2 is 1.63 bits per heavy atom. The van der Waals surface area contributed by atoms with Gasteiger partial charge in [-0.15, -0.1) is 0 Å². The van der Waals surface area contributed by atoms with Gasteiger partial charge in [0.2, 0.25) is 0 Å². The summed E-state index contributed by atoms with van der Waals surface area (Å²) in [7, 11) is 1.53. The Labute approximate surface area is 230 Å². The fourth-order valence-corrected chi connectivity index (χ4v) is 6.09. The minimum atomic E-state index is -0.450. The second kappa shape index (κ2) is 10.8. The summed E-state index contributed by atoms with van der Waals surface area (Å²) in [5.41, 5.74) is 6.95. The number of aryl methyl sites for hydroxylation is 2. The number of Topliss-reactive ketones (excluding diaryl/α,β-unsaturated/α-hetero) is 2. The number of anilines is 1. The van der Waals surface area contributed by atoms with Gasteiger partial charge >= 0.3 is 0 Å². The first-order valence-electron chi connectivity index (χ1n) is 12.9. The molecular weight excluding hydrogens is 548 g/mol. The van der Waals surface area contributed by atoms with E-state index in [2.05, 4.69) is 26.6 Å². The van der Waals surface area contributed by atoms with Crippen LogP contribution in [0.25, 0.3) is 0 Å². The molecule has 38 heavy (non-hydrogen) atoms. The number of benzene rings is 2. The number of dihydropyridines is 1. The number of hydrogen-bond acceptors (Lipinski definition) is 6. The lowest BCUT2D eigenvalue weighted by atomic mass is 9.71. The van der Waals surface area contributed by atoms with Gasteiger partial charge < -0.3 is 20.1 Å². The van der Waals surface area contributed by atoms with Crippen LogP contribution < -0.4 is 20.1 Å². The number of nitrogens with one attached hydrogen (secondary N) is 2. The van der Waals surface area contributed by atoms with E-state index in [1.807, 2.05) is 44.2 Å². The molecule has 0 fully saturated rings. The van der Waals surface area contributed by atoms with Gasteiger partial charge in [-0.1, -0.05) is 6.07 Å². The molecule has 1 heterocycles. The second-order valence-electron chi connectivity index (χ2n) is 10.1. The van der Waals surface area contributed by atoms with Crippen LogP contribution in [0.5, 0.6) is 11.5 Å². The SMILES string of the molecule is COc1cc(C2C3=C(CCCC3=O)NC3=C2C(=O)CCC3)cc(Br)c1OCC(=O)Nc1ccc(C)c(C)c1. The van der Waals surface area contributed by atoms with Crippen molar-refractivity contribution in [2.24, 2.45) is 0 Å². The third-order valence-electron chi connectivity index (χ3n) is 7.51. The van der Waals surface area contributed by atoms with Crippen molar-refractivity contribution >= 4 is 39.1 Å². The van der Waals surface area contributed by atoms with Crippen LogP contribution >= 0.6 is 15.9 Å². The van der Waals surface area contributed by atoms with Crippen LogP contribution in [0, 0.1) is 13.8 Å². The zero-order chi connectivity index (χ0) is 27.0. The summed E-state index contributed by atoms with van der Waals surface area (Å²) in [6.07, 6.45) is 4.14. The standard InChI is InChI=1S/C30H31BrN2O5/c1-16-10-11-19(12-17(16)2)32-26(36)15-38-30-20(31)13-18(14-25(30)37-3)27-28-21(6-4-8-23(28)34)33-22-7-5-9-24(35)29(22)27/h10-14,27,33H,4-9,15H2,1-3H3,(H,32,36). The fraction of sp³-hybridized carbons (Fsp3) is 0.367. The maximum absolute atomic E-state index is 13.1. The molecule has 0 radical (unpaired) electrons. The largest absolute Gasteiger partial charge is 0.493 e. The highest BCUT2D eigenvalue weighted by molar-refractivity contribution is 9.10. The van der Waals surface area contributed by atoms with Gasteiger partial charge in [0.15, 0.2) is 29.7 Å². The highest BCUT2D eigenvalue weighted by Crippen LogP contribution is 2.48. The number of hydrogen-bond donors (Lipinski definition) is 2. The van der Waals surface area contributed by atoms with Crippen LogP contribution in [0.1, 0.15) is 61.1 Å². The van der Waals surface area contributed by atoms with Crippen molar-refractivity contribution in [2.45, 2.75) is 58.3 Å². The lowest BCUT2D eigenvalue weighted by molar-refractivity contribution is -0.118. The molecule has 0 aromatic heterocycles. The number of methoxy groups -OCH3 is 1. The number of rotatable bonds is 6. The Hall–Kier alpha value is -3.39. The van der Waals surface area contributed by atoms with Gasteiger partial charge in [-0.3, -0.25) is 14.4 Å². The van der Waals surface area contributed by atoms with E-state index < -0.39 is 5.92 Å². The summed E-state index contributed by atoms with van der Waals surface area (Å²) < 4.78 is 12.1. The monoisotopic (exact) mass is 578 g/mol. The van der Waals surface area contributed by atoms with Gasteiger partial charge in [0.1, 0.15) is 0 Å². The predicted octanol–water partition coefficient (Wildman–Crippen LogP) is 5.79. The van der Waals surface area contributed by atoms with Crippen LogP contribution in [-0.4, -0.2) is 31.2 Å². The molecule has 7 nitrogen and oxygen atoms in total. The maximum atomic E-state index is 13.1. The van der Waals surface area contributed by atoms with E-state index >= 15 is 0 Å². The van der Waals surface area contributed by atoms with Gasteiger partial charge in [0.05, 0.1) is 11.6 Å². The van der Waals surface area contributed by atoms with Crippen molar-refractivity contribution in [1.82, 2.24) is 5.32 Å². The number of halogens is 1. The number of ketones is 2. The summed E-state index contributed by atoms with van der Waals surface area (Å²) in [4.78, 5) is 38.9. The molecule has 2 aromatic carbocycles. The first kappa shape index (κ1) is 26.2. The number of carbonyl (C=O) groups is 3. The van der Waals surface area contributed by atoms with Crippen LogP contribution in [0.3, 0.4) is 0 Å². The fourth-order valence-electron chi connectivity index (χ4n) is 5.52. The van der Waals surface area contributed by atoms with Crippen molar-refractivity contribution in [2.75, 3.05) is 19.0 Å². The molecule has 198 valence electrons. The molecule has 3 aliphatic rings. The lowest BCUT2D eigenvalue weighted by Gasteiger charge is -2.37. The molecule has 8 heteroatoms. The summed E-state index contributed by atoms with van der Waals surface area (Å²) >= 11 is 3.59. The minimum absolute atomic E-state index is 0.0760. The summed E-state index contributed by atoms with van der Waals surface area (Å²) in [5, 5.41) is 6.30. The quantitative estimate of drug-likeness (QED) is 0.450. The maximum Gasteiger partial charge on any atom is 0.262 e. The number of allylic oxidation sites excluding steroid dienone is 4. The first-order valence-corrected chi connectivity index (χ1v) is 13.7. The molecule has 0 spiro atoms. The number of carbonyl (C=O) groups excluding carboxylic acids is 3. The third-order valence-corrected chi connectivity index (χ3v) is 8.10. The molecule has 0 unspecified atom stereocenters. The molecule has 2 N–H and O–H groups in total. The average molecular weight is 579 g/mol. The molecule has 1 amide bonds. The Bertz CT molecular complexity index is 1370. The molecule has 0 atom stereocenters. The molecular formula is C30H31BrN2O5. The smallest absolute Gasteiger partial charge is 0.262 e. The first-order chi connectivity index (χ1) is 18.3. The third kappa shape index (κ3) is 5.01. The molecule has 2 aromatic rings. The highest BCUT2D eigenvalue weighted by Gasteiger charge is 2.40. The zero-order valence-electron chi connectivity index (χ0n) is 21.8. The van der Waals surface area contributed by atoms with Crippen LogP contribution in [0.15, 0.2) is 57.3 Å². The van der Waals surface area contributed by atoms with Crippen molar-refractivity contribution in [3.8, 4) is 11.5 Å². The zero-order valence-corrected chi connectivity index (χ0v) is 23.4. The Morgan fingerprint density at radius 3 is 2.24 bits per heavy atom. The molecule has 5 rings (SSSR count). The van der Waals surface area contributed by atoms with Crippen LogP contribution in [0.4, 0.5) is 5.69 Å². The van der Waals surface area contributed by atoms with Crippen molar-refractivity contribution < 1.29 is 23.9 Å². The molecule has 2 aliphatic carbocycles. The summed E-state index contributed by atoms with van der Waals surface area (Å²) in [6.45, 7) is 3.80. The average Bonchev–Trinajstić information content (AvgIpc) is 2.89.